The Morgan fingerprint density at radius 2 is 2.00 bits per heavy atom. The minimum absolute atomic E-state index is 0.136. The number of carboxylic acids is 1. The Bertz CT molecular complexity index is 272. The van der Waals surface area contributed by atoms with Crippen LogP contribution >= 0.6 is 0 Å². The first kappa shape index (κ1) is 13.0. The number of hydrogen-bond acceptors (Lipinski definition) is 3. The molecule has 16 heavy (non-hydrogen) atoms. The van der Waals surface area contributed by atoms with E-state index in [-0.39, 0.29) is 5.91 Å². The highest BCUT2D eigenvalue weighted by atomic mass is 16.4. The highest BCUT2D eigenvalue weighted by molar-refractivity contribution is 5.87. The number of carboxylic acid groups (broad SMARTS) is 1. The minimum atomic E-state index is -0.964. The summed E-state index contributed by atoms with van der Waals surface area (Å²) < 4.78 is 0. The maximum absolute atomic E-state index is 12.0. The van der Waals surface area contributed by atoms with Gasteiger partial charge in [-0.15, -0.1) is 0 Å². The van der Waals surface area contributed by atoms with Crippen molar-refractivity contribution in [2.75, 3.05) is 13.1 Å². The van der Waals surface area contributed by atoms with Crippen molar-refractivity contribution in [1.29, 1.82) is 0 Å². The Labute approximate surface area is 95.6 Å². The van der Waals surface area contributed by atoms with Gasteiger partial charge in [-0.25, -0.2) is 4.79 Å². The Morgan fingerprint density at radius 1 is 1.44 bits per heavy atom. The van der Waals surface area contributed by atoms with E-state index in [9.17, 15) is 9.59 Å². The first-order chi connectivity index (χ1) is 7.49. The Balaban J connectivity index is 2.59. The number of carbonyl (C=O) groups is 2. The topological polar surface area (TPSA) is 78.4 Å². The van der Waals surface area contributed by atoms with Gasteiger partial charge in [0.05, 0.1) is 0 Å². The molecule has 0 aromatic carbocycles. The van der Waals surface area contributed by atoms with Gasteiger partial charge in [0.25, 0.3) is 0 Å². The van der Waals surface area contributed by atoms with Gasteiger partial charge in [0, 0.05) is 5.41 Å². The zero-order chi connectivity index (χ0) is 12.2. The zero-order valence-electron chi connectivity index (χ0n) is 9.88. The quantitative estimate of drug-likeness (QED) is 0.649. The molecular formula is C11H20N2O3. The third kappa shape index (κ3) is 2.95. The van der Waals surface area contributed by atoms with Crippen LogP contribution in [0, 0.1) is 5.41 Å². The van der Waals surface area contributed by atoms with Crippen LogP contribution in [-0.2, 0) is 9.59 Å². The molecule has 1 heterocycles. The molecule has 1 amide bonds. The van der Waals surface area contributed by atoms with E-state index in [1.165, 1.54) is 0 Å². The fourth-order valence-electron chi connectivity index (χ4n) is 1.88. The number of hydrogen-bond donors (Lipinski definition) is 3. The number of rotatable bonds is 4. The van der Waals surface area contributed by atoms with Crippen molar-refractivity contribution in [3.63, 3.8) is 0 Å². The first-order valence-corrected chi connectivity index (χ1v) is 5.74. The van der Waals surface area contributed by atoms with Crippen molar-refractivity contribution in [3.8, 4) is 0 Å². The van der Waals surface area contributed by atoms with Crippen LogP contribution < -0.4 is 10.6 Å². The summed E-state index contributed by atoms with van der Waals surface area (Å²) in [5.74, 6) is -1.10. The lowest BCUT2D eigenvalue weighted by Gasteiger charge is -2.33. The average molecular weight is 228 g/mol. The molecule has 1 atom stereocenters. The number of aliphatic carboxylic acids is 1. The smallest absolute Gasteiger partial charge is 0.326 e. The van der Waals surface area contributed by atoms with Crippen LogP contribution in [0.2, 0.25) is 0 Å². The summed E-state index contributed by atoms with van der Waals surface area (Å²) in [4.78, 5) is 22.8. The second-order valence-corrected chi connectivity index (χ2v) is 4.58. The van der Waals surface area contributed by atoms with E-state index in [1.54, 1.807) is 6.92 Å². The summed E-state index contributed by atoms with van der Waals surface area (Å²) in [5, 5.41) is 14.7. The maximum Gasteiger partial charge on any atom is 0.326 e. The van der Waals surface area contributed by atoms with Gasteiger partial charge >= 0.3 is 5.97 Å². The largest absolute Gasteiger partial charge is 0.480 e. The summed E-state index contributed by atoms with van der Waals surface area (Å²) in [6.45, 7) is 5.28. The molecule has 5 nitrogen and oxygen atoms in total. The van der Waals surface area contributed by atoms with Gasteiger partial charge in [0.2, 0.25) is 5.91 Å². The average Bonchev–Trinajstić information content (AvgIpc) is 2.26. The van der Waals surface area contributed by atoms with Crippen molar-refractivity contribution >= 4 is 11.9 Å². The fraction of sp³-hybridized carbons (Fsp3) is 0.818. The van der Waals surface area contributed by atoms with Crippen molar-refractivity contribution in [3.05, 3.63) is 0 Å². The van der Waals surface area contributed by atoms with Crippen LogP contribution in [0.3, 0.4) is 0 Å². The number of nitrogens with one attached hydrogen (secondary N) is 2. The van der Waals surface area contributed by atoms with E-state index in [0.29, 0.717) is 6.42 Å². The number of piperidine rings is 1. The predicted octanol–water partition coefficient (Wildman–Crippen LogP) is 0.355. The van der Waals surface area contributed by atoms with E-state index < -0.39 is 17.4 Å². The highest BCUT2D eigenvalue weighted by Gasteiger charge is 2.36. The molecule has 1 aliphatic rings. The monoisotopic (exact) mass is 228 g/mol. The molecule has 1 saturated heterocycles. The molecule has 0 aliphatic carbocycles. The summed E-state index contributed by atoms with van der Waals surface area (Å²) >= 11 is 0. The van der Waals surface area contributed by atoms with Gasteiger partial charge in [-0.3, -0.25) is 4.79 Å². The zero-order valence-corrected chi connectivity index (χ0v) is 9.88. The first-order valence-electron chi connectivity index (χ1n) is 5.74. The molecule has 0 unspecified atom stereocenters. The second kappa shape index (κ2) is 5.30. The van der Waals surface area contributed by atoms with Gasteiger partial charge in [0.1, 0.15) is 6.04 Å². The molecule has 0 aromatic heterocycles. The van der Waals surface area contributed by atoms with E-state index in [2.05, 4.69) is 10.6 Å². The number of amides is 1. The Kier molecular flexibility index (Phi) is 4.29. The van der Waals surface area contributed by atoms with Crippen LogP contribution in [0.5, 0.6) is 0 Å². The normalized spacial score (nSPS) is 21.1. The van der Waals surface area contributed by atoms with Gasteiger partial charge in [-0.05, 0) is 32.4 Å². The van der Waals surface area contributed by atoms with Crippen LogP contribution in [0.25, 0.3) is 0 Å². The molecule has 0 spiro atoms. The van der Waals surface area contributed by atoms with Gasteiger partial charge in [-0.2, -0.15) is 0 Å². The summed E-state index contributed by atoms with van der Waals surface area (Å²) in [6, 6.07) is -0.765. The highest BCUT2D eigenvalue weighted by Crippen LogP contribution is 2.28. The summed E-state index contributed by atoms with van der Waals surface area (Å²) in [5.41, 5.74) is -0.422. The maximum atomic E-state index is 12.0. The van der Waals surface area contributed by atoms with Crippen molar-refractivity contribution < 1.29 is 14.7 Å². The van der Waals surface area contributed by atoms with E-state index in [1.807, 2.05) is 6.92 Å². The molecule has 0 saturated carbocycles. The Hall–Kier alpha value is -1.10. The van der Waals surface area contributed by atoms with E-state index >= 15 is 0 Å². The molecular weight excluding hydrogens is 208 g/mol. The molecule has 0 bridgehead atoms. The molecule has 5 heteroatoms. The fourth-order valence-corrected chi connectivity index (χ4v) is 1.88. The lowest BCUT2D eigenvalue weighted by molar-refractivity contribution is -0.144. The molecule has 1 rings (SSSR count). The van der Waals surface area contributed by atoms with Crippen LogP contribution in [0.15, 0.2) is 0 Å². The van der Waals surface area contributed by atoms with Crippen molar-refractivity contribution in [1.82, 2.24) is 10.6 Å². The van der Waals surface area contributed by atoms with E-state index in [4.69, 9.17) is 5.11 Å². The van der Waals surface area contributed by atoms with Crippen molar-refractivity contribution in [2.45, 2.75) is 39.2 Å². The van der Waals surface area contributed by atoms with Crippen LogP contribution in [0.1, 0.15) is 33.1 Å². The predicted molar refractivity (Wildman–Crippen MR) is 60.1 cm³/mol. The molecule has 0 aromatic rings. The second-order valence-electron chi connectivity index (χ2n) is 4.58. The summed E-state index contributed by atoms with van der Waals surface area (Å²) in [6.07, 6.45) is 1.93. The van der Waals surface area contributed by atoms with Gasteiger partial charge in [-0.1, -0.05) is 13.8 Å². The van der Waals surface area contributed by atoms with Gasteiger partial charge < -0.3 is 15.7 Å². The lowest BCUT2D eigenvalue weighted by Crippen LogP contribution is -2.50. The standard InChI is InChI=1S/C11H20N2O3/c1-3-8(9(14)15)13-10(16)11(2)4-6-12-7-5-11/h8,12H,3-7H2,1-2H3,(H,13,16)(H,14,15)/t8-/m1/s1. The van der Waals surface area contributed by atoms with Crippen molar-refractivity contribution in [2.24, 2.45) is 5.41 Å². The summed E-state index contributed by atoms with van der Waals surface area (Å²) in [7, 11) is 0. The molecule has 92 valence electrons. The molecule has 1 fully saturated rings. The minimum Gasteiger partial charge on any atom is -0.480 e. The Morgan fingerprint density at radius 3 is 2.44 bits per heavy atom. The molecule has 0 radical (unpaired) electrons. The third-order valence-corrected chi connectivity index (χ3v) is 3.27. The molecule has 1 aliphatic heterocycles. The lowest BCUT2D eigenvalue weighted by atomic mass is 9.80. The SMILES string of the molecule is CC[C@@H](NC(=O)C1(C)CCNCC1)C(=O)O. The molecule has 3 N–H and O–H groups in total. The van der Waals surface area contributed by atoms with E-state index in [0.717, 1.165) is 25.9 Å². The van der Waals surface area contributed by atoms with Crippen LogP contribution in [-0.4, -0.2) is 36.1 Å². The van der Waals surface area contributed by atoms with Gasteiger partial charge in [0.15, 0.2) is 0 Å². The van der Waals surface area contributed by atoms with Crippen LogP contribution in [0.4, 0.5) is 0 Å². The number of carbonyl (C=O) groups excluding carboxylic acids is 1. The third-order valence-electron chi connectivity index (χ3n) is 3.27.